The average molecular weight is 367 g/mol. The van der Waals surface area contributed by atoms with Gasteiger partial charge in [0.15, 0.2) is 11.5 Å². The summed E-state index contributed by atoms with van der Waals surface area (Å²) in [7, 11) is 0. The molecule has 0 aliphatic carbocycles. The first-order valence-electron chi connectivity index (χ1n) is 7.48. The van der Waals surface area contributed by atoms with Crippen LogP contribution in [-0.2, 0) is 5.79 Å². The normalized spacial score (nSPS) is 14.7. The Morgan fingerprint density at radius 2 is 1.22 bits per heavy atom. The van der Waals surface area contributed by atoms with Gasteiger partial charge in [-0.25, -0.2) is 0 Å². The highest BCUT2D eigenvalue weighted by Crippen LogP contribution is 2.49. The van der Waals surface area contributed by atoms with Gasteiger partial charge in [-0.05, 0) is 24.6 Å². The third kappa shape index (κ3) is 2.32. The average Bonchev–Trinajstić information content (AvgIpc) is 2.96. The SMILES string of the molecule is Cc1cc2c(cc1Br)OC(c1ccccc1)(c1ccccc1)O2. The summed E-state index contributed by atoms with van der Waals surface area (Å²) >= 11 is 3.56. The van der Waals surface area contributed by atoms with E-state index >= 15 is 0 Å². The second kappa shape index (κ2) is 5.43. The van der Waals surface area contributed by atoms with Crippen LogP contribution in [0, 0.1) is 6.92 Å². The number of ether oxygens (including phenoxy) is 2. The third-order valence-corrected chi connectivity index (χ3v) is 4.89. The van der Waals surface area contributed by atoms with Crippen molar-refractivity contribution in [3.63, 3.8) is 0 Å². The van der Waals surface area contributed by atoms with Gasteiger partial charge in [-0.15, -0.1) is 0 Å². The van der Waals surface area contributed by atoms with Crippen molar-refractivity contribution < 1.29 is 9.47 Å². The van der Waals surface area contributed by atoms with E-state index in [-0.39, 0.29) is 0 Å². The minimum atomic E-state index is -0.946. The molecule has 0 fully saturated rings. The van der Waals surface area contributed by atoms with Crippen LogP contribution in [0.3, 0.4) is 0 Å². The van der Waals surface area contributed by atoms with E-state index in [1.165, 1.54) is 0 Å². The van der Waals surface area contributed by atoms with Crippen molar-refractivity contribution in [2.24, 2.45) is 0 Å². The highest BCUT2D eigenvalue weighted by atomic mass is 79.9. The summed E-state index contributed by atoms with van der Waals surface area (Å²) in [5.74, 6) is 0.562. The Kier molecular flexibility index (Phi) is 3.38. The van der Waals surface area contributed by atoms with E-state index in [9.17, 15) is 0 Å². The van der Waals surface area contributed by atoms with Crippen molar-refractivity contribution in [1.82, 2.24) is 0 Å². The molecule has 0 spiro atoms. The Balaban J connectivity index is 1.90. The van der Waals surface area contributed by atoms with Gasteiger partial charge >= 0.3 is 5.79 Å². The Labute approximate surface area is 143 Å². The van der Waals surface area contributed by atoms with E-state index in [4.69, 9.17) is 9.47 Å². The molecule has 0 amide bonds. The Morgan fingerprint density at radius 3 is 1.74 bits per heavy atom. The zero-order valence-corrected chi connectivity index (χ0v) is 14.2. The fourth-order valence-electron chi connectivity index (χ4n) is 2.84. The molecule has 0 aromatic heterocycles. The molecule has 1 aliphatic heterocycles. The second-order valence-corrected chi connectivity index (χ2v) is 6.46. The zero-order chi connectivity index (χ0) is 15.9. The van der Waals surface area contributed by atoms with Crippen molar-refractivity contribution in [2.75, 3.05) is 0 Å². The molecular formula is C20H15BrO2. The molecule has 3 aromatic rings. The lowest BCUT2D eigenvalue weighted by atomic mass is 9.97. The second-order valence-electron chi connectivity index (χ2n) is 5.60. The monoisotopic (exact) mass is 366 g/mol. The lowest BCUT2D eigenvalue weighted by Crippen LogP contribution is -2.36. The lowest BCUT2D eigenvalue weighted by molar-refractivity contribution is -0.0459. The number of fused-ring (bicyclic) bond motifs is 1. The zero-order valence-electron chi connectivity index (χ0n) is 12.6. The maximum atomic E-state index is 6.36. The minimum absolute atomic E-state index is 0.746. The predicted molar refractivity (Wildman–Crippen MR) is 93.8 cm³/mol. The molecule has 0 saturated heterocycles. The largest absolute Gasteiger partial charge is 0.440 e. The van der Waals surface area contributed by atoms with Gasteiger partial charge < -0.3 is 9.47 Å². The molecular weight excluding hydrogens is 352 g/mol. The van der Waals surface area contributed by atoms with Crippen LogP contribution in [0.1, 0.15) is 16.7 Å². The topological polar surface area (TPSA) is 18.5 Å². The van der Waals surface area contributed by atoms with E-state index in [1.807, 2.05) is 79.7 Å². The first kappa shape index (κ1) is 14.3. The van der Waals surface area contributed by atoms with E-state index in [2.05, 4.69) is 15.9 Å². The van der Waals surface area contributed by atoms with Crippen LogP contribution in [-0.4, -0.2) is 0 Å². The summed E-state index contributed by atoms with van der Waals surface area (Å²) in [6, 6.07) is 24.1. The number of hydrogen-bond donors (Lipinski definition) is 0. The molecule has 3 aromatic carbocycles. The summed E-state index contributed by atoms with van der Waals surface area (Å²) in [5.41, 5.74) is 3.05. The molecule has 114 valence electrons. The number of rotatable bonds is 2. The van der Waals surface area contributed by atoms with Gasteiger partial charge in [-0.2, -0.15) is 0 Å². The van der Waals surface area contributed by atoms with E-state index in [1.54, 1.807) is 0 Å². The van der Waals surface area contributed by atoms with Crippen LogP contribution < -0.4 is 9.47 Å². The fraction of sp³-hybridized carbons (Fsp3) is 0.100. The fourth-order valence-corrected chi connectivity index (χ4v) is 3.17. The van der Waals surface area contributed by atoms with Gasteiger partial charge in [-0.1, -0.05) is 76.6 Å². The molecule has 3 heteroatoms. The first-order chi connectivity index (χ1) is 11.2. The number of hydrogen-bond acceptors (Lipinski definition) is 2. The van der Waals surface area contributed by atoms with Gasteiger partial charge in [0.25, 0.3) is 0 Å². The van der Waals surface area contributed by atoms with Crippen LogP contribution in [0.15, 0.2) is 77.3 Å². The van der Waals surface area contributed by atoms with Crippen molar-refractivity contribution in [1.29, 1.82) is 0 Å². The number of aryl methyl sites for hydroxylation is 1. The molecule has 1 heterocycles. The van der Waals surface area contributed by atoms with Gasteiger partial charge in [0, 0.05) is 15.6 Å². The van der Waals surface area contributed by atoms with Crippen LogP contribution >= 0.6 is 15.9 Å². The summed E-state index contributed by atoms with van der Waals surface area (Å²) in [4.78, 5) is 0. The molecule has 0 N–H and O–H groups in total. The Hall–Kier alpha value is -2.26. The Bertz CT molecular complexity index is 772. The summed E-state index contributed by atoms with van der Waals surface area (Å²) in [6.45, 7) is 2.04. The molecule has 0 unspecified atom stereocenters. The van der Waals surface area contributed by atoms with Gasteiger partial charge in [0.05, 0.1) is 0 Å². The first-order valence-corrected chi connectivity index (χ1v) is 8.27. The predicted octanol–water partition coefficient (Wildman–Crippen LogP) is 5.43. The molecule has 0 radical (unpaired) electrons. The maximum Gasteiger partial charge on any atom is 0.305 e. The highest BCUT2D eigenvalue weighted by Gasteiger charge is 2.45. The number of benzene rings is 3. The summed E-state index contributed by atoms with van der Waals surface area (Å²) < 4.78 is 13.7. The lowest BCUT2D eigenvalue weighted by Gasteiger charge is -2.28. The van der Waals surface area contributed by atoms with E-state index in [0.717, 1.165) is 32.7 Å². The van der Waals surface area contributed by atoms with Crippen molar-refractivity contribution in [3.05, 3.63) is 94.0 Å². The standard InChI is InChI=1S/C20H15BrO2/c1-14-12-18-19(13-17(14)21)23-20(22-18,15-8-4-2-5-9-15)16-10-6-3-7-11-16/h2-13H,1H3. The molecule has 0 bridgehead atoms. The molecule has 0 atom stereocenters. The molecule has 4 rings (SSSR count). The smallest absolute Gasteiger partial charge is 0.305 e. The quantitative estimate of drug-likeness (QED) is 0.601. The van der Waals surface area contributed by atoms with Crippen LogP contribution in [0.2, 0.25) is 0 Å². The van der Waals surface area contributed by atoms with Crippen molar-refractivity contribution in [3.8, 4) is 11.5 Å². The molecule has 2 nitrogen and oxygen atoms in total. The van der Waals surface area contributed by atoms with Crippen molar-refractivity contribution in [2.45, 2.75) is 12.7 Å². The Morgan fingerprint density at radius 1 is 0.739 bits per heavy atom. The van der Waals surface area contributed by atoms with Crippen LogP contribution in [0.5, 0.6) is 11.5 Å². The van der Waals surface area contributed by atoms with Gasteiger partial charge in [0.1, 0.15) is 0 Å². The van der Waals surface area contributed by atoms with Gasteiger partial charge in [0.2, 0.25) is 0 Å². The highest BCUT2D eigenvalue weighted by molar-refractivity contribution is 9.10. The van der Waals surface area contributed by atoms with Crippen LogP contribution in [0.4, 0.5) is 0 Å². The van der Waals surface area contributed by atoms with E-state index in [0.29, 0.717) is 0 Å². The summed E-state index contributed by atoms with van der Waals surface area (Å²) in [5, 5.41) is 0. The van der Waals surface area contributed by atoms with Crippen LogP contribution in [0.25, 0.3) is 0 Å². The van der Waals surface area contributed by atoms with Crippen molar-refractivity contribution >= 4 is 15.9 Å². The summed E-state index contributed by atoms with van der Waals surface area (Å²) in [6.07, 6.45) is 0. The minimum Gasteiger partial charge on any atom is -0.440 e. The molecule has 1 aliphatic rings. The maximum absolute atomic E-state index is 6.36. The van der Waals surface area contributed by atoms with Gasteiger partial charge in [-0.3, -0.25) is 0 Å². The number of halogens is 1. The molecule has 0 saturated carbocycles. The molecule has 23 heavy (non-hydrogen) atoms. The third-order valence-electron chi connectivity index (χ3n) is 4.04. The van der Waals surface area contributed by atoms with E-state index < -0.39 is 5.79 Å².